The summed E-state index contributed by atoms with van der Waals surface area (Å²) in [4.78, 5) is 0.942. The zero-order chi connectivity index (χ0) is 13.6. The first-order valence-electron chi connectivity index (χ1n) is 5.86. The van der Waals surface area contributed by atoms with Crippen molar-refractivity contribution in [3.8, 4) is 0 Å². The highest BCUT2D eigenvalue weighted by Crippen LogP contribution is 2.35. The lowest BCUT2D eigenvalue weighted by Crippen LogP contribution is -2.28. The third kappa shape index (κ3) is 2.04. The first-order valence-corrected chi connectivity index (χ1v) is 8.12. The minimum Gasteiger partial charge on any atom is -0.265 e. The molecule has 0 atom stereocenters. The smallest absolute Gasteiger partial charge is 0.265 e. The van der Waals surface area contributed by atoms with Crippen LogP contribution in [-0.4, -0.2) is 15.0 Å². The van der Waals surface area contributed by atoms with Crippen LogP contribution in [0, 0.1) is 12.7 Å². The summed E-state index contributed by atoms with van der Waals surface area (Å²) in [5.74, 6) is -0.414. The maximum Gasteiger partial charge on any atom is 0.273 e. The topological polar surface area (TPSA) is 37.4 Å². The molecule has 0 fully saturated rings. The number of benzene rings is 1. The van der Waals surface area contributed by atoms with E-state index in [0.717, 1.165) is 10.4 Å². The third-order valence-electron chi connectivity index (χ3n) is 3.16. The van der Waals surface area contributed by atoms with Gasteiger partial charge in [0.1, 0.15) is 10.0 Å². The van der Waals surface area contributed by atoms with Gasteiger partial charge in [-0.3, -0.25) is 4.31 Å². The molecule has 0 radical (unpaired) electrons. The van der Waals surface area contributed by atoms with Crippen LogP contribution >= 0.6 is 11.3 Å². The van der Waals surface area contributed by atoms with Crippen molar-refractivity contribution in [3.63, 3.8) is 0 Å². The Labute approximate surface area is 115 Å². The summed E-state index contributed by atoms with van der Waals surface area (Å²) in [7, 11) is -3.56. The van der Waals surface area contributed by atoms with Crippen LogP contribution in [-0.2, 0) is 16.4 Å². The molecule has 0 saturated heterocycles. The van der Waals surface area contributed by atoms with Crippen LogP contribution in [0.25, 0.3) is 0 Å². The zero-order valence-electron chi connectivity index (χ0n) is 10.3. The highest BCUT2D eigenvalue weighted by atomic mass is 32.2. The largest absolute Gasteiger partial charge is 0.273 e. The van der Waals surface area contributed by atoms with E-state index in [-0.39, 0.29) is 0 Å². The lowest BCUT2D eigenvalue weighted by atomic mass is 10.2. The molecule has 0 amide bonds. The van der Waals surface area contributed by atoms with Gasteiger partial charge in [0.05, 0.1) is 5.69 Å². The summed E-state index contributed by atoms with van der Waals surface area (Å²) in [6.07, 6.45) is 0.624. The third-order valence-corrected chi connectivity index (χ3v) is 6.44. The number of halogens is 1. The quantitative estimate of drug-likeness (QED) is 0.854. The first kappa shape index (κ1) is 12.6. The molecule has 0 aliphatic carbocycles. The van der Waals surface area contributed by atoms with E-state index in [4.69, 9.17) is 0 Å². The number of fused-ring (bicyclic) bond motifs is 1. The molecule has 1 aliphatic rings. The summed E-state index contributed by atoms with van der Waals surface area (Å²) >= 11 is 1.24. The fourth-order valence-electron chi connectivity index (χ4n) is 2.23. The Kier molecular flexibility index (Phi) is 2.87. The Morgan fingerprint density at radius 1 is 1.26 bits per heavy atom. The van der Waals surface area contributed by atoms with Crippen LogP contribution in [0.3, 0.4) is 0 Å². The highest BCUT2D eigenvalue weighted by Gasteiger charge is 2.31. The van der Waals surface area contributed by atoms with Crippen LogP contribution in [0.2, 0.25) is 0 Å². The van der Waals surface area contributed by atoms with Gasteiger partial charge in [-0.25, -0.2) is 12.8 Å². The summed E-state index contributed by atoms with van der Waals surface area (Å²) in [6.45, 7) is 2.24. The van der Waals surface area contributed by atoms with Crippen LogP contribution in [0.1, 0.15) is 10.4 Å². The molecule has 2 aromatic rings. The van der Waals surface area contributed by atoms with Gasteiger partial charge in [-0.2, -0.15) is 0 Å². The number of sulfonamides is 1. The molecule has 1 aromatic heterocycles. The molecule has 0 N–H and O–H groups in total. The van der Waals surface area contributed by atoms with Gasteiger partial charge in [-0.15, -0.1) is 11.3 Å². The van der Waals surface area contributed by atoms with E-state index in [1.165, 1.54) is 27.8 Å². The number of rotatable bonds is 2. The number of hydrogen-bond donors (Lipinski definition) is 0. The molecule has 6 heteroatoms. The second-order valence-corrected chi connectivity index (χ2v) is 7.84. The van der Waals surface area contributed by atoms with E-state index in [0.29, 0.717) is 22.9 Å². The molecule has 3 rings (SSSR count). The van der Waals surface area contributed by atoms with Gasteiger partial charge < -0.3 is 0 Å². The van der Waals surface area contributed by atoms with Gasteiger partial charge in [0.25, 0.3) is 10.0 Å². The molecule has 0 saturated carbocycles. The van der Waals surface area contributed by atoms with Crippen molar-refractivity contribution in [2.75, 3.05) is 10.8 Å². The van der Waals surface area contributed by atoms with Gasteiger partial charge in [-0.05, 0) is 43.2 Å². The second kappa shape index (κ2) is 4.31. The Balaban J connectivity index is 2.08. The van der Waals surface area contributed by atoms with E-state index in [2.05, 4.69) is 0 Å². The molecule has 0 bridgehead atoms. The summed E-state index contributed by atoms with van der Waals surface area (Å²) < 4.78 is 40.0. The Morgan fingerprint density at radius 2 is 2.05 bits per heavy atom. The Hall–Kier alpha value is -1.40. The number of nitrogens with zero attached hydrogens (tertiary/aromatic N) is 1. The predicted octanol–water partition coefficient (Wildman–Crippen LogP) is 2.95. The normalized spacial score (nSPS) is 14.7. The van der Waals surface area contributed by atoms with Crippen molar-refractivity contribution >= 4 is 27.0 Å². The summed E-state index contributed by atoms with van der Waals surface area (Å²) in [6, 6.07) is 7.69. The molecule has 19 heavy (non-hydrogen) atoms. The van der Waals surface area contributed by atoms with Crippen LogP contribution in [0.15, 0.2) is 34.5 Å². The number of aryl methyl sites for hydroxylation is 1. The fraction of sp³-hybridized carbons (Fsp3) is 0.231. The lowest BCUT2D eigenvalue weighted by Gasteiger charge is -2.18. The predicted molar refractivity (Wildman–Crippen MR) is 73.7 cm³/mol. The number of hydrogen-bond acceptors (Lipinski definition) is 3. The summed E-state index contributed by atoms with van der Waals surface area (Å²) in [5.41, 5.74) is 1.34. The van der Waals surface area contributed by atoms with Crippen LogP contribution in [0.4, 0.5) is 10.1 Å². The molecule has 0 unspecified atom stereocenters. The van der Waals surface area contributed by atoms with Crippen molar-refractivity contribution in [1.29, 1.82) is 0 Å². The van der Waals surface area contributed by atoms with E-state index in [1.807, 2.05) is 6.92 Å². The molecule has 3 nitrogen and oxygen atoms in total. The van der Waals surface area contributed by atoms with Gasteiger partial charge in [0.15, 0.2) is 0 Å². The minimum absolute atomic E-state index is 0.308. The fourth-order valence-corrected chi connectivity index (χ4v) is 5.12. The van der Waals surface area contributed by atoms with Crippen LogP contribution in [0.5, 0.6) is 0 Å². The van der Waals surface area contributed by atoms with Crippen molar-refractivity contribution in [3.05, 3.63) is 46.6 Å². The zero-order valence-corrected chi connectivity index (χ0v) is 11.9. The van der Waals surface area contributed by atoms with Gasteiger partial charge in [0, 0.05) is 11.4 Å². The lowest BCUT2D eigenvalue weighted by molar-refractivity contribution is 0.594. The summed E-state index contributed by atoms with van der Waals surface area (Å²) in [5, 5.41) is 0. The SMILES string of the molecule is Cc1ccc(S(=O)(=O)N2CCc3ccc(F)cc32)s1. The molecular formula is C13H12FNO2S2. The molecular weight excluding hydrogens is 285 g/mol. The van der Waals surface area contributed by atoms with Gasteiger partial charge >= 0.3 is 0 Å². The van der Waals surface area contributed by atoms with Gasteiger partial charge in [0.2, 0.25) is 0 Å². The van der Waals surface area contributed by atoms with Crippen molar-refractivity contribution in [2.24, 2.45) is 0 Å². The van der Waals surface area contributed by atoms with E-state index < -0.39 is 15.8 Å². The standard InChI is InChI=1S/C13H12FNO2S2/c1-9-2-5-13(18-9)19(16,17)15-7-6-10-3-4-11(14)8-12(10)15/h2-5,8H,6-7H2,1H3. The number of anilines is 1. The maximum absolute atomic E-state index is 13.3. The maximum atomic E-state index is 13.3. The first-order chi connectivity index (χ1) is 8.98. The molecule has 0 spiro atoms. The van der Waals surface area contributed by atoms with E-state index in [1.54, 1.807) is 18.2 Å². The van der Waals surface area contributed by atoms with E-state index >= 15 is 0 Å². The second-order valence-electron chi connectivity index (χ2n) is 4.47. The highest BCUT2D eigenvalue weighted by molar-refractivity contribution is 7.94. The van der Waals surface area contributed by atoms with Crippen molar-refractivity contribution < 1.29 is 12.8 Å². The molecule has 2 heterocycles. The Morgan fingerprint density at radius 3 is 2.74 bits per heavy atom. The van der Waals surface area contributed by atoms with Crippen molar-refractivity contribution in [2.45, 2.75) is 17.6 Å². The van der Waals surface area contributed by atoms with Gasteiger partial charge in [-0.1, -0.05) is 6.07 Å². The monoisotopic (exact) mass is 297 g/mol. The number of thiophene rings is 1. The molecule has 100 valence electrons. The Bertz CT molecular complexity index is 737. The molecule has 1 aliphatic heterocycles. The average molecular weight is 297 g/mol. The van der Waals surface area contributed by atoms with E-state index in [9.17, 15) is 12.8 Å². The molecule has 1 aromatic carbocycles. The van der Waals surface area contributed by atoms with Crippen LogP contribution < -0.4 is 4.31 Å². The minimum atomic E-state index is -3.56. The van der Waals surface area contributed by atoms with Crippen molar-refractivity contribution in [1.82, 2.24) is 0 Å². The average Bonchev–Trinajstić information content (AvgIpc) is 2.95.